The van der Waals surface area contributed by atoms with Crippen molar-refractivity contribution in [2.24, 2.45) is 0 Å². The number of methoxy groups -OCH3 is 2. The van der Waals surface area contributed by atoms with Gasteiger partial charge < -0.3 is 9.47 Å². The predicted molar refractivity (Wildman–Crippen MR) is 60.7 cm³/mol. The average molecular weight is 259 g/mol. The second-order valence-corrected chi connectivity index (χ2v) is 4.22. The van der Waals surface area contributed by atoms with Gasteiger partial charge in [0.1, 0.15) is 0 Å². The number of rotatable bonds is 5. The van der Waals surface area contributed by atoms with Crippen LogP contribution in [0.2, 0.25) is 0 Å². The molecule has 1 aromatic rings. The van der Waals surface area contributed by atoms with Gasteiger partial charge >= 0.3 is 0 Å². The van der Waals surface area contributed by atoms with Crippen LogP contribution in [0.5, 0.6) is 0 Å². The van der Waals surface area contributed by atoms with E-state index in [1.807, 2.05) is 18.2 Å². The van der Waals surface area contributed by atoms with E-state index in [-0.39, 0.29) is 11.1 Å². The maximum atomic E-state index is 5.16. The second-order valence-electron chi connectivity index (χ2n) is 3.05. The Hall–Kier alpha value is -0.380. The Kier molecular flexibility index (Phi) is 5.15. The van der Waals surface area contributed by atoms with Gasteiger partial charge in [-0.05, 0) is 12.0 Å². The number of hydrogen-bond acceptors (Lipinski definition) is 2. The van der Waals surface area contributed by atoms with Crippen LogP contribution in [0.15, 0.2) is 30.3 Å². The molecular formula is C11H15BrO2. The van der Waals surface area contributed by atoms with E-state index in [2.05, 4.69) is 28.1 Å². The molecule has 0 radical (unpaired) electrons. The van der Waals surface area contributed by atoms with Gasteiger partial charge in [0, 0.05) is 14.2 Å². The van der Waals surface area contributed by atoms with Crippen LogP contribution >= 0.6 is 15.9 Å². The Morgan fingerprint density at radius 3 is 2.21 bits per heavy atom. The number of halogens is 1. The molecule has 0 saturated carbocycles. The summed E-state index contributed by atoms with van der Waals surface area (Å²) in [7, 11) is 3.29. The standard InChI is InChI=1S/C11H15BrO2/c1-13-11(14-2)10(12)8-9-6-4-3-5-7-9/h3-7,10-11H,8H2,1-2H3. The van der Waals surface area contributed by atoms with E-state index < -0.39 is 0 Å². The second kappa shape index (κ2) is 6.17. The Morgan fingerprint density at radius 1 is 1.14 bits per heavy atom. The van der Waals surface area contributed by atoms with Crippen LogP contribution in [-0.4, -0.2) is 25.3 Å². The number of alkyl halides is 1. The lowest BCUT2D eigenvalue weighted by Gasteiger charge is -2.19. The van der Waals surface area contributed by atoms with Crippen LogP contribution in [0.25, 0.3) is 0 Å². The lowest BCUT2D eigenvalue weighted by Crippen LogP contribution is -2.26. The largest absolute Gasteiger partial charge is 0.355 e. The molecule has 14 heavy (non-hydrogen) atoms. The molecule has 0 spiro atoms. The van der Waals surface area contributed by atoms with Crippen LogP contribution in [0.1, 0.15) is 5.56 Å². The third kappa shape index (κ3) is 3.40. The van der Waals surface area contributed by atoms with Crippen molar-refractivity contribution in [3.63, 3.8) is 0 Å². The van der Waals surface area contributed by atoms with Crippen LogP contribution in [0, 0.1) is 0 Å². The zero-order valence-corrected chi connectivity index (χ0v) is 10.0. The highest BCUT2D eigenvalue weighted by molar-refractivity contribution is 9.09. The smallest absolute Gasteiger partial charge is 0.169 e. The molecule has 0 aliphatic rings. The van der Waals surface area contributed by atoms with Crippen molar-refractivity contribution in [3.8, 4) is 0 Å². The van der Waals surface area contributed by atoms with E-state index in [1.54, 1.807) is 14.2 Å². The zero-order valence-electron chi connectivity index (χ0n) is 8.44. The van der Waals surface area contributed by atoms with Crippen LogP contribution in [0.4, 0.5) is 0 Å². The summed E-state index contributed by atoms with van der Waals surface area (Å²) >= 11 is 3.55. The molecule has 1 atom stereocenters. The minimum absolute atomic E-state index is 0.180. The van der Waals surface area contributed by atoms with E-state index in [0.29, 0.717) is 0 Å². The van der Waals surface area contributed by atoms with Gasteiger partial charge in [-0.3, -0.25) is 0 Å². The third-order valence-electron chi connectivity index (χ3n) is 2.03. The maximum Gasteiger partial charge on any atom is 0.169 e. The molecule has 1 aromatic carbocycles. The highest BCUT2D eigenvalue weighted by Gasteiger charge is 2.17. The third-order valence-corrected chi connectivity index (χ3v) is 2.79. The van der Waals surface area contributed by atoms with Gasteiger partial charge in [0.05, 0.1) is 4.83 Å². The van der Waals surface area contributed by atoms with Crippen LogP contribution in [-0.2, 0) is 15.9 Å². The maximum absolute atomic E-state index is 5.16. The van der Waals surface area contributed by atoms with Crippen molar-refractivity contribution in [1.82, 2.24) is 0 Å². The first kappa shape index (κ1) is 11.7. The summed E-state index contributed by atoms with van der Waals surface area (Å²) in [6.45, 7) is 0. The van der Waals surface area contributed by atoms with Crippen molar-refractivity contribution in [2.75, 3.05) is 14.2 Å². The monoisotopic (exact) mass is 258 g/mol. The summed E-state index contributed by atoms with van der Waals surface area (Å²) < 4.78 is 10.3. The molecule has 0 aromatic heterocycles. The first-order valence-electron chi connectivity index (χ1n) is 4.51. The molecule has 0 saturated heterocycles. The molecule has 78 valence electrons. The van der Waals surface area contributed by atoms with Crippen LogP contribution < -0.4 is 0 Å². The average Bonchev–Trinajstić information content (AvgIpc) is 2.21. The van der Waals surface area contributed by atoms with Gasteiger partial charge in [-0.1, -0.05) is 46.3 Å². The van der Waals surface area contributed by atoms with Gasteiger partial charge in [0.25, 0.3) is 0 Å². The van der Waals surface area contributed by atoms with E-state index >= 15 is 0 Å². The molecule has 0 aliphatic carbocycles. The summed E-state index contributed by atoms with van der Waals surface area (Å²) in [6, 6.07) is 10.3. The first-order chi connectivity index (χ1) is 6.77. The summed E-state index contributed by atoms with van der Waals surface area (Å²) in [5.74, 6) is 0. The van der Waals surface area contributed by atoms with Gasteiger partial charge in [0.15, 0.2) is 6.29 Å². The fourth-order valence-corrected chi connectivity index (χ4v) is 2.13. The molecular weight excluding hydrogens is 244 g/mol. The molecule has 2 nitrogen and oxygen atoms in total. The molecule has 0 fully saturated rings. The summed E-state index contributed by atoms with van der Waals surface area (Å²) in [5, 5.41) is 0. The molecule has 0 heterocycles. The van der Waals surface area contributed by atoms with Crippen molar-refractivity contribution in [3.05, 3.63) is 35.9 Å². The molecule has 0 N–H and O–H groups in total. The number of benzene rings is 1. The molecule has 0 amide bonds. The predicted octanol–water partition coefficient (Wildman–Crippen LogP) is 2.61. The highest BCUT2D eigenvalue weighted by Crippen LogP contribution is 2.15. The molecule has 0 bridgehead atoms. The van der Waals surface area contributed by atoms with E-state index in [9.17, 15) is 0 Å². The quantitative estimate of drug-likeness (QED) is 0.597. The topological polar surface area (TPSA) is 18.5 Å². The fourth-order valence-electron chi connectivity index (χ4n) is 1.33. The van der Waals surface area contributed by atoms with Gasteiger partial charge in [-0.25, -0.2) is 0 Å². The Balaban J connectivity index is 2.52. The lowest BCUT2D eigenvalue weighted by molar-refractivity contribution is -0.100. The van der Waals surface area contributed by atoms with Crippen LogP contribution in [0.3, 0.4) is 0 Å². The minimum atomic E-state index is -0.199. The van der Waals surface area contributed by atoms with Crippen molar-refractivity contribution in [2.45, 2.75) is 17.5 Å². The minimum Gasteiger partial charge on any atom is -0.355 e. The summed E-state index contributed by atoms with van der Waals surface area (Å²) in [5.41, 5.74) is 1.27. The van der Waals surface area contributed by atoms with Crippen molar-refractivity contribution in [1.29, 1.82) is 0 Å². The molecule has 1 unspecified atom stereocenters. The normalized spacial score (nSPS) is 13.1. The molecule has 1 rings (SSSR count). The molecule has 3 heteroatoms. The zero-order chi connectivity index (χ0) is 10.4. The van der Waals surface area contributed by atoms with E-state index in [4.69, 9.17) is 9.47 Å². The lowest BCUT2D eigenvalue weighted by atomic mass is 10.1. The van der Waals surface area contributed by atoms with E-state index in [0.717, 1.165) is 6.42 Å². The highest BCUT2D eigenvalue weighted by atomic mass is 79.9. The van der Waals surface area contributed by atoms with Gasteiger partial charge in [0.2, 0.25) is 0 Å². The number of ether oxygens (including phenoxy) is 2. The van der Waals surface area contributed by atoms with E-state index in [1.165, 1.54) is 5.56 Å². The van der Waals surface area contributed by atoms with Gasteiger partial charge in [-0.15, -0.1) is 0 Å². The Bertz CT molecular complexity index is 247. The van der Waals surface area contributed by atoms with Crippen molar-refractivity contribution >= 4 is 15.9 Å². The summed E-state index contributed by atoms with van der Waals surface area (Å²) in [6.07, 6.45) is 0.697. The number of hydrogen-bond donors (Lipinski definition) is 0. The summed E-state index contributed by atoms with van der Waals surface area (Å²) in [4.78, 5) is 0.180. The SMILES string of the molecule is COC(OC)C(Br)Cc1ccccc1. The Morgan fingerprint density at radius 2 is 1.71 bits per heavy atom. The van der Waals surface area contributed by atoms with Gasteiger partial charge in [-0.2, -0.15) is 0 Å². The Labute approximate surface area is 93.4 Å². The first-order valence-corrected chi connectivity index (χ1v) is 5.43. The van der Waals surface area contributed by atoms with Crippen molar-refractivity contribution < 1.29 is 9.47 Å². The fraction of sp³-hybridized carbons (Fsp3) is 0.455. The molecule has 0 aliphatic heterocycles.